The Hall–Kier alpha value is -2.62. The number of nitrogens with one attached hydrogen (secondary N) is 1. The number of hydrogen-bond acceptors (Lipinski definition) is 8. The molecule has 37 heavy (non-hydrogen) atoms. The van der Waals surface area contributed by atoms with Crippen LogP contribution in [0.25, 0.3) is 0 Å². The van der Waals surface area contributed by atoms with Crippen molar-refractivity contribution >= 4 is 28.8 Å². The molecule has 1 saturated heterocycles. The van der Waals surface area contributed by atoms with Crippen molar-refractivity contribution in [2.45, 2.75) is 59.6 Å². The molecule has 1 aromatic rings. The van der Waals surface area contributed by atoms with Crippen molar-refractivity contribution in [2.75, 3.05) is 39.4 Å². The third kappa shape index (κ3) is 6.64. The van der Waals surface area contributed by atoms with Crippen molar-refractivity contribution in [1.29, 1.82) is 0 Å². The normalized spacial score (nSPS) is 20.4. The number of ether oxygens (including phenoxy) is 2. The maximum Gasteiger partial charge on any atom is 0.338 e. The van der Waals surface area contributed by atoms with E-state index in [4.69, 9.17) is 14.5 Å². The molecule has 0 aromatic heterocycles. The molecule has 1 fully saturated rings. The zero-order chi connectivity index (χ0) is 26.7. The number of amides is 1. The molecule has 0 aliphatic carbocycles. The highest BCUT2D eigenvalue weighted by Crippen LogP contribution is 2.46. The van der Waals surface area contributed by atoms with Gasteiger partial charge in [-0.1, -0.05) is 35.5 Å². The Morgan fingerprint density at radius 2 is 1.92 bits per heavy atom. The Bertz CT molecular complexity index is 1150. The number of carbonyl (C=O) groups is 2. The lowest BCUT2D eigenvalue weighted by molar-refractivity contribution is -0.150. The van der Waals surface area contributed by atoms with Crippen LogP contribution in [0, 0.1) is 13.8 Å². The van der Waals surface area contributed by atoms with Crippen LogP contribution in [0.4, 0.5) is 0 Å². The van der Waals surface area contributed by atoms with Crippen LogP contribution in [0.1, 0.15) is 56.8 Å². The number of allylic oxidation sites excluding steroid dienone is 1. The first-order chi connectivity index (χ1) is 17.5. The first-order valence-corrected chi connectivity index (χ1v) is 13.7. The van der Waals surface area contributed by atoms with Gasteiger partial charge in [0.25, 0.3) is 0 Å². The molecule has 1 aromatic carbocycles. The van der Waals surface area contributed by atoms with Crippen LogP contribution in [0.5, 0.6) is 0 Å². The van der Waals surface area contributed by atoms with Gasteiger partial charge in [0.1, 0.15) is 5.60 Å². The van der Waals surface area contributed by atoms with Crippen LogP contribution >= 0.6 is 11.8 Å². The predicted molar refractivity (Wildman–Crippen MR) is 147 cm³/mol. The summed E-state index contributed by atoms with van der Waals surface area (Å²) in [4.78, 5) is 35.6. The van der Waals surface area contributed by atoms with Crippen LogP contribution in [0.15, 0.2) is 45.6 Å². The van der Waals surface area contributed by atoms with E-state index >= 15 is 0 Å². The molecule has 200 valence electrons. The summed E-state index contributed by atoms with van der Waals surface area (Å²) in [5, 5.41) is 5.81. The number of carbonyl (C=O) groups excluding carboxylic acids is 2. The average Bonchev–Trinajstić information content (AvgIpc) is 3.21. The molecule has 0 saturated carbocycles. The van der Waals surface area contributed by atoms with Gasteiger partial charge in [0.2, 0.25) is 5.91 Å². The summed E-state index contributed by atoms with van der Waals surface area (Å²) in [7, 11) is 0. The van der Waals surface area contributed by atoms with Crippen LogP contribution < -0.4 is 5.32 Å². The quantitative estimate of drug-likeness (QED) is 0.537. The number of benzene rings is 1. The highest BCUT2D eigenvalue weighted by atomic mass is 32.2. The predicted octanol–water partition coefficient (Wildman–Crippen LogP) is 4.06. The molecule has 3 aliphatic heterocycles. The van der Waals surface area contributed by atoms with Gasteiger partial charge in [-0.05, 0) is 58.1 Å². The number of hydrogen-bond donors (Lipinski definition) is 1. The smallest absolute Gasteiger partial charge is 0.338 e. The fourth-order valence-corrected chi connectivity index (χ4v) is 5.68. The van der Waals surface area contributed by atoms with Crippen LogP contribution in [-0.2, 0) is 19.1 Å². The lowest BCUT2D eigenvalue weighted by Gasteiger charge is -2.37. The molecule has 9 heteroatoms. The molecule has 0 spiro atoms. The number of morpholine rings is 1. The zero-order valence-electron chi connectivity index (χ0n) is 22.7. The molecule has 8 nitrogen and oxygen atoms in total. The Labute approximate surface area is 224 Å². The minimum atomic E-state index is -0.640. The van der Waals surface area contributed by atoms with Crippen LogP contribution in [-0.4, -0.2) is 71.8 Å². The third-order valence-corrected chi connectivity index (χ3v) is 7.43. The molecule has 1 amide bonds. The second kappa shape index (κ2) is 11.4. The molecule has 1 unspecified atom stereocenters. The van der Waals surface area contributed by atoms with Crippen molar-refractivity contribution in [1.82, 2.24) is 15.1 Å². The van der Waals surface area contributed by atoms with Crippen molar-refractivity contribution in [3.63, 3.8) is 0 Å². The van der Waals surface area contributed by atoms with Crippen molar-refractivity contribution in [2.24, 2.45) is 4.99 Å². The fraction of sp³-hybridized carbons (Fsp3) is 0.536. The second-order valence-corrected chi connectivity index (χ2v) is 11.6. The minimum Gasteiger partial charge on any atom is -0.456 e. The van der Waals surface area contributed by atoms with E-state index < -0.39 is 11.6 Å². The van der Waals surface area contributed by atoms with E-state index in [1.807, 2.05) is 51.9 Å². The highest BCUT2D eigenvalue weighted by molar-refractivity contribution is 8.16. The van der Waals surface area contributed by atoms with E-state index in [-0.39, 0.29) is 18.3 Å². The maximum absolute atomic E-state index is 13.5. The van der Waals surface area contributed by atoms with Gasteiger partial charge < -0.3 is 19.7 Å². The fourth-order valence-electron chi connectivity index (χ4n) is 4.72. The van der Waals surface area contributed by atoms with E-state index in [9.17, 15) is 9.59 Å². The summed E-state index contributed by atoms with van der Waals surface area (Å²) in [5.41, 5.74) is 4.51. The number of amidine groups is 1. The summed E-state index contributed by atoms with van der Waals surface area (Å²) in [6.45, 7) is 16.2. The van der Waals surface area contributed by atoms with Gasteiger partial charge >= 0.3 is 5.97 Å². The minimum absolute atomic E-state index is 0.0498. The van der Waals surface area contributed by atoms with Gasteiger partial charge in [0.05, 0.1) is 36.9 Å². The largest absolute Gasteiger partial charge is 0.456 e. The van der Waals surface area contributed by atoms with Crippen molar-refractivity contribution in [3.8, 4) is 0 Å². The van der Waals surface area contributed by atoms with Gasteiger partial charge in [0, 0.05) is 31.9 Å². The standard InChI is InChI=1S/C28H38N4O4S/c1-18-7-8-19(2)22(15-18)25-24(26(34)36-28(4,5)6)20(3)30-27-32(25)21(17-37-27)16-23(33)29-9-10-31-11-13-35-14-12-31/h7-8,15,17,25H,9-14,16H2,1-6H3,(H,29,33). The third-order valence-electron chi connectivity index (χ3n) is 6.54. The topological polar surface area (TPSA) is 83.5 Å². The van der Waals surface area contributed by atoms with Crippen LogP contribution in [0.2, 0.25) is 0 Å². The van der Waals surface area contributed by atoms with Crippen molar-refractivity contribution in [3.05, 3.63) is 57.3 Å². The molecule has 3 aliphatic rings. The van der Waals surface area contributed by atoms with Crippen molar-refractivity contribution < 1.29 is 19.1 Å². The summed E-state index contributed by atoms with van der Waals surface area (Å²) in [6, 6.07) is 5.83. The number of aliphatic imine (C=N–C) groups is 1. The number of thioether (sulfide) groups is 1. The average molecular weight is 527 g/mol. The molecular formula is C28H38N4O4S. The molecule has 1 N–H and O–H groups in total. The SMILES string of the molecule is CC1=C(C(=O)OC(C)(C)C)C(c2cc(C)ccc2C)N2C(CC(=O)NCCN3CCOCC3)=CSC2=N1. The lowest BCUT2D eigenvalue weighted by Crippen LogP contribution is -2.42. The van der Waals surface area contributed by atoms with E-state index in [0.717, 1.165) is 60.4 Å². The highest BCUT2D eigenvalue weighted by Gasteiger charge is 2.42. The van der Waals surface area contributed by atoms with Crippen LogP contribution in [0.3, 0.4) is 0 Å². The van der Waals surface area contributed by atoms with E-state index in [1.54, 1.807) is 0 Å². The van der Waals surface area contributed by atoms with Gasteiger partial charge in [-0.2, -0.15) is 0 Å². The summed E-state index contributed by atoms with van der Waals surface area (Å²) in [5.74, 6) is -0.434. The van der Waals surface area contributed by atoms with Gasteiger partial charge in [-0.25, -0.2) is 9.79 Å². The Balaban J connectivity index is 1.58. The first kappa shape index (κ1) is 27.4. The Kier molecular flexibility index (Phi) is 8.46. The molecular weight excluding hydrogens is 488 g/mol. The van der Waals surface area contributed by atoms with E-state index in [2.05, 4.69) is 28.4 Å². The number of aryl methyl sites for hydroxylation is 2. The molecule has 0 bridgehead atoms. The molecule has 1 atom stereocenters. The number of nitrogens with zero attached hydrogens (tertiary/aromatic N) is 3. The molecule has 0 radical (unpaired) electrons. The number of esters is 1. The summed E-state index contributed by atoms with van der Waals surface area (Å²) >= 11 is 1.49. The Morgan fingerprint density at radius 1 is 1.19 bits per heavy atom. The number of rotatable bonds is 7. The van der Waals surface area contributed by atoms with Gasteiger partial charge in [-0.3, -0.25) is 9.69 Å². The van der Waals surface area contributed by atoms with Gasteiger partial charge in [-0.15, -0.1) is 0 Å². The monoisotopic (exact) mass is 526 g/mol. The first-order valence-electron chi connectivity index (χ1n) is 12.8. The zero-order valence-corrected chi connectivity index (χ0v) is 23.5. The molecule has 4 rings (SSSR count). The van der Waals surface area contributed by atoms with E-state index in [1.165, 1.54) is 11.8 Å². The maximum atomic E-state index is 13.5. The summed E-state index contributed by atoms with van der Waals surface area (Å²) in [6.07, 6.45) is 0.205. The van der Waals surface area contributed by atoms with E-state index in [0.29, 0.717) is 17.8 Å². The Morgan fingerprint density at radius 3 is 2.62 bits per heavy atom. The summed E-state index contributed by atoms with van der Waals surface area (Å²) < 4.78 is 11.2. The number of fused-ring (bicyclic) bond motifs is 1. The lowest BCUT2D eigenvalue weighted by atomic mass is 9.89. The second-order valence-electron chi connectivity index (χ2n) is 10.7. The van der Waals surface area contributed by atoms with Gasteiger partial charge in [0.15, 0.2) is 5.17 Å². The molecule has 3 heterocycles.